The molecule has 1 aliphatic rings. The number of aromatic amines is 1. The maximum atomic E-state index is 12.5. The average molecular weight is 339 g/mol. The van der Waals surface area contributed by atoms with Crippen molar-refractivity contribution >= 4 is 21.8 Å². The van der Waals surface area contributed by atoms with Crippen molar-refractivity contribution < 1.29 is 9.21 Å². The maximum Gasteiger partial charge on any atom is 0.290 e. The lowest BCUT2D eigenvalue weighted by Crippen LogP contribution is -2.30. The number of likely N-dealkylation sites (tertiary alicyclic amines) is 1. The van der Waals surface area contributed by atoms with Gasteiger partial charge in [0.2, 0.25) is 0 Å². The number of nitrogens with zero attached hydrogens (tertiary/aromatic N) is 3. The molecule has 1 saturated heterocycles. The van der Waals surface area contributed by atoms with Gasteiger partial charge in [0.25, 0.3) is 5.91 Å². The Morgan fingerprint density at radius 3 is 3.10 bits per heavy atom. The number of H-pyrrole nitrogens is 1. The van der Waals surface area contributed by atoms with Crippen LogP contribution in [-0.4, -0.2) is 32.5 Å². The van der Waals surface area contributed by atoms with E-state index < -0.39 is 0 Å². The molecule has 2 aromatic heterocycles. The van der Waals surface area contributed by atoms with Crippen molar-refractivity contribution in [2.24, 2.45) is 0 Å². The molecule has 1 unspecified atom stereocenters. The standard InChI is InChI=1S/C13H15BrN4O2/c1-2-11-15-12(17-16-11)8-4-3-7-18(8)13(19)9-5-6-10(14)20-9/h5-6,8H,2-4,7H2,1H3,(H,15,16,17). The van der Waals surface area contributed by atoms with Crippen molar-refractivity contribution in [2.75, 3.05) is 6.54 Å². The molecule has 3 rings (SSSR count). The fourth-order valence-electron chi connectivity index (χ4n) is 2.47. The molecule has 0 aromatic carbocycles. The van der Waals surface area contributed by atoms with E-state index >= 15 is 0 Å². The van der Waals surface area contributed by atoms with Crippen LogP contribution in [0, 0.1) is 0 Å². The van der Waals surface area contributed by atoms with Crippen molar-refractivity contribution in [1.82, 2.24) is 20.1 Å². The monoisotopic (exact) mass is 338 g/mol. The number of hydrogen-bond donors (Lipinski definition) is 1. The fraction of sp³-hybridized carbons (Fsp3) is 0.462. The Bertz CT molecular complexity index is 621. The highest BCUT2D eigenvalue weighted by Crippen LogP contribution is 2.31. The van der Waals surface area contributed by atoms with Gasteiger partial charge < -0.3 is 9.32 Å². The summed E-state index contributed by atoms with van der Waals surface area (Å²) in [6, 6.07) is 3.33. The molecule has 0 spiro atoms. The first-order valence-electron chi connectivity index (χ1n) is 6.66. The Morgan fingerprint density at radius 2 is 2.45 bits per heavy atom. The molecule has 7 heteroatoms. The lowest BCUT2D eigenvalue weighted by molar-refractivity contribution is 0.0696. The van der Waals surface area contributed by atoms with Crippen LogP contribution in [0.3, 0.4) is 0 Å². The number of amides is 1. The predicted octanol–water partition coefficient (Wildman–Crippen LogP) is 2.70. The zero-order valence-electron chi connectivity index (χ0n) is 11.1. The van der Waals surface area contributed by atoms with Crippen LogP contribution in [-0.2, 0) is 6.42 Å². The van der Waals surface area contributed by atoms with Crippen LogP contribution < -0.4 is 0 Å². The number of carbonyl (C=O) groups is 1. The van der Waals surface area contributed by atoms with Crippen molar-refractivity contribution in [2.45, 2.75) is 32.2 Å². The first-order chi connectivity index (χ1) is 9.69. The molecule has 1 amide bonds. The van der Waals surface area contributed by atoms with E-state index in [0.717, 1.165) is 25.1 Å². The van der Waals surface area contributed by atoms with Crippen molar-refractivity contribution in [1.29, 1.82) is 0 Å². The quantitative estimate of drug-likeness (QED) is 0.933. The number of hydrogen-bond acceptors (Lipinski definition) is 4. The molecule has 1 atom stereocenters. The largest absolute Gasteiger partial charge is 0.444 e. The smallest absolute Gasteiger partial charge is 0.290 e. The normalized spacial score (nSPS) is 18.7. The van der Waals surface area contributed by atoms with E-state index in [1.807, 2.05) is 6.92 Å². The SMILES string of the molecule is CCc1nc(C2CCCN2C(=O)c2ccc(Br)o2)n[nH]1. The minimum atomic E-state index is -0.110. The Hall–Kier alpha value is -1.63. The summed E-state index contributed by atoms with van der Waals surface area (Å²) in [5, 5.41) is 7.14. The van der Waals surface area contributed by atoms with Crippen LogP contribution in [0.4, 0.5) is 0 Å². The highest BCUT2D eigenvalue weighted by Gasteiger charge is 2.34. The zero-order valence-corrected chi connectivity index (χ0v) is 12.7. The van der Waals surface area contributed by atoms with E-state index in [-0.39, 0.29) is 11.9 Å². The predicted molar refractivity (Wildman–Crippen MR) is 75.2 cm³/mol. The Balaban J connectivity index is 1.83. The average Bonchev–Trinajstić information content (AvgIpc) is 3.17. The molecular weight excluding hydrogens is 324 g/mol. The molecule has 0 radical (unpaired) electrons. The second kappa shape index (κ2) is 5.40. The minimum absolute atomic E-state index is 0.0667. The molecule has 20 heavy (non-hydrogen) atoms. The molecule has 3 heterocycles. The molecule has 1 aliphatic heterocycles. The van der Waals surface area contributed by atoms with Crippen molar-refractivity contribution in [3.05, 3.63) is 34.2 Å². The van der Waals surface area contributed by atoms with Gasteiger partial charge in [0.1, 0.15) is 5.82 Å². The minimum Gasteiger partial charge on any atom is -0.444 e. The summed E-state index contributed by atoms with van der Waals surface area (Å²) in [5.74, 6) is 1.77. The molecule has 0 aliphatic carbocycles. The van der Waals surface area contributed by atoms with Crippen molar-refractivity contribution in [3.63, 3.8) is 0 Å². The van der Waals surface area contributed by atoms with Gasteiger partial charge in [0.05, 0.1) is 6.04 Å². The molecule has 0 saturated carbocycles. The zero-order chi connectivity index (χ0) is 14.1. The second-order valence-corrected chi connectivity index (χ2v) is 5.54. The van der Waals surface area contributed by atoms with E-state index in [0.29, 0.717) is 22.8 Å². The summed E-state index contributed by atoms with van der Waals surface area (Å²) in [6.45, 7) is 2.72. The number of nitrogens with one attached hydrogen (secondary N) is 1. The van der Waals surface area contributed by atoms with Gasteiger partial charge in [-0.05, 0) is 40.9 Å². The van der Waals surface area contributed by atoms with Crippen LogP contribution >= 0.6 is 15.9 Å². The highest BCUT2D eigenvalue weighted by atomic mass is 79.9. The lowest BCUT2D eigenvalue weighted by atomic mass is 10.2. The van der Waals surface area contributed by atoms with E-state index in [4.69, 9.17) is 4.42 Å². The molecule has 1 N–H and O–H groups in total. The summed E-state index contributed by atoms with van der Waals surface area (Å²) in [7, 11) is 0. The van der Waals surface area contributed by atoms with E-state index in [2.05, 4.69) is 31.1 Å². The second-order valence-electron chi connectivity index (χ2n) is 4.75. The third-order valence-corrected chi connectivity index (χ3v) is 3.91. The van der Waals surface area contributed by atoms with Crippen LogP contribution in [0.2, 0.25) is 0 Å². The van der Waals surface area contributed by atoms with Gasteiger partial charge in [-0.2, -0.15) is 5.10 Å². The Morgan fingerprint density at radius 1 is 1.60 bits per heavy atom. The summed E-state index contributed by atoms with van der Waals surface area (Å²) in [6.07, 6.45) is 2.64. The number of aromatic nitrogens is 3. The first-order valence-corrected chi connectivity index (χ1v) is 7.46. The molecular formula is C13H15BrN4O2. The van der Waals surface area contributed by atoms with E-state index in [1.165, 1.54) is 0 Å². The summed E-state index contributed by atoms with van der Waals surface area (Å²) >= 11 is 3.21. The number of rotatable bonds is 3. The number of carbonyl (C=O) groups excluding carboxylic acids is 1. The molecule has 6 nitrogen and oxygen atoms in total. The first kappa shape index (κ1) is 13.4. The van der Waals surface area contributed by atoms with E-state index in [1.54, 1.807) is 17.0 Å². The van der Waals surface area contributed by atoms with Gasteiger partial charge in [0, 0.05) is 13.0 Å². The lowest BCUT2D eigenvalue weighted by Gasteiger charge is -2.21. The van der Waals surface area contributed by atoms with Crippen LogP contribution in [0.15, 0.2) is 21.2 Å². The van der Waals surface area contributed by atoms with Gasteiger partial charge in [0.15, 0.2) is 16.3 Å². The van der Waals surface area contributed by atoms with Gasteiger partial charge in [-0.15, -0.1) is 0 Å². The van der Waals surface area contributed by atoms with Crippen LogP contribution in [0.1, 0.15) is 48.0 Å². The molecule has 106 valence electrons. The number of furan rings is 1. The van der Waals surface area contributed by atoms with Gasteiger partial charge in [-0.3, -0.25) is 9.89 Å². The summed E-state index contributed by atoms with van der Waals surface area (Å²) in [4.78, 5) is 18.7. The molecule has 1 fully saturated rings. The van der Waals surface area contributed by atoms with Crippen molar-refractivity contribution in [3.8, 4) is 0 Å². The van der Waals surface area contributed by atoms with Gasteiger partial charge in [-0.1, -0.05) is 6.92 Å². The Labute approximate surface area is 124 Å². The van der Waals surface area contributed by atoms with Crippen LogP contribution in [0.5, 0.6) is 0 Å². The Kier molecular flexibility index (Phi) is 3.60. The molecule has 0 bridgehead atoms. The fourth-order valence-corrected chi connectivity index (χ4v) is 2.77. The number of aryl methyl sites for hydroxylation is 1. The van der Waals surface area contributed by atoms with E-state index in [9.17, 15) is 4.79 Å². The summed E-state index contributed by atoms with van der Waals surface area (Å²) in [5.41, 5.74) is 0. The third kappa shape index (κ3) is 2.37. The van der Waals surface area contributed by atoms with Crippen LogP contribution in [0.25, 0.3) is 0 Å². The maximum absolute atomic E-state index is 12.5. The molecule has 2 aromatic rings. The topological polar surface area (TPSA) is 75.0 Å². The summed E-state index contributed by atoms with van der Waals surface area (Å²) < 4.78 is 5.90. The van der Waals surface area contributed by atoms with Gasteiger partial charge >= 0.3 is 0 Å². The highest BCUT2D eigenvalue weighted by molar-refractivity contribution is 9.10. The number of halogens is 1. The van der Waals surface area contributed by atoms with Gasteiger partial charge in [-0.25, -0.2) is 4.98 Å². The third-order valence-electron chi connectivity index (χ3n) is 3.48.